The zero-order valence-electron chi connectivity index (χ0n) is 16.5. The number of hydrogen-bond donors (Lipinski definition) is 1. The van der Waals surface area contributed by atoms with E-state index < -0.39 is 0 Å². The van der Waals surface area contributed by atoms with Gasteiger partial charge in [0.15, 0.2) is 6.54 Å². The minimum atomic E-state index is 0.238. The van der Waals surface area contributed by atoms with E-state index in [0.717, 1.165) is 37.7 Å². The number of quaternary nitrogens is 1. The molecule has 2 aromatic rings. The van der Waals surface area contributed by atoms with Crippen LogP contribution in [0, 0.1) is 13.8 Å². The second-order valence-corrected chi connectivity index (χ2v) is 7.96. The number of halogens is 1. The Labute approximate surface area is 167 Å². The molecule has 0 saturated carbocycles. The molecule has 27 heavy (non-hydrogen) atoms. The van der Waals surface area contributed by atoms with Crippen LogP contribution in [0.3, 0.4) is 0 Å². The largest absolute Gasteiger partial charge is 0.368 e. The predicted molar refractivity (Wildman–Crippen MR) is 112 cm³/mol. The van der Waals surface area contributed by atoms with Crippen LogP contribution in [0.1, 0.15) is 16.7 Å². The molecule has 1 N–H and O–H groups in total. The molecule has 0 bridgehead atoms. The summed E-state index contributed by atoms with van der Waals surface area (Å²) in [6.45, 7) is 9.05. The minimum Gasteiger partial charge on any atom is -0.368 e. The van der Waals surface area contributed by atoms with E-state index in [0.29, 0.717) is 6.54 Å². The third-order valence-electron chi connectivity index (χ3n) is 5.42. The van der Waals surface area contributed by atoms with Crippen molar-refractivity contribution >= 4 is 23.2 Å². The quantitative estimate of drug-likeness (QED) is 0.854. The van der Waals surface area contributed by atoms with Gasteiger partial charge in [0, 0.05) is 42.5 Å². The highest BCUT2D eigenvalue weighted by molar-refractivity contribution is 6.30. The molecule has 1 unspecified atom stereocenters. The molecule has 0 aliphatic carbocycles. The number of likely N-dealkylation sites (N-methyl/N-ethyl adjacent to an activating group) is 1. The van der Waals surface area contributed by atoms with Crippen LogP contribution in [0.4, 0.5) is 5.69 Å². The van der Waals surface area contributed by atoms with Crippen molar-refractivity contribution in [2.24, 2.45) is 0 Å². The molecule has 4 nitrogen and oxygen atoms in total. The number of carbonyl (C=O) groups excluding carboxylic acids is 1. The molecule has 1 heterocycles. The first-order valence-corrected chi connectivity index (χ1v) is 9.96. The van der Waals surface area contributed by atoms with Crippen LogP contribution in [0.25, 0.3) is 0 Å². The number of amides is 1. The predicted octanol–water partition coefficient (Wildman–Crippen LogP) is 2.32. The third kappa shape index (κ3) is 5.02. The summed E-state index contributed by atoms with van der Waals surface area (Å²) in [6, 6.07) is 14.3. The summed E-state index contributed by atoms with van der Waals surface area (Å²) in [5, 5.41) is 0.745. The zero-order chi connectivity index (χ0) is 19.4. The summed E-state index contributed by atoms with van der Waals surface area (Å²) < 4.78 is 0. The summed E-state index contributed by atoms with van der Waals surface area (Å²) >= 11 is 5.94. The normalized spacial score (nSPS) is 15.7. The number of piperazine rings is 1. The fourth-order valence-corrected chi connectivity index (χ4v) is 3.78. The number of carbonyl (C=O) groups is 1. The Morgan fingerprint density at radius 3 is 2.37 bits per heavy atom. The number of aryl methyl sites for hydroxylation is 1. The van der Waals surface area contributed by atoms with Gasteiger partial charge in [0.05, 0.1) is 7.05 Å². The smallest absolute Gasteiger partial charge is 0.277 e. The van der Waals surface area contributed by atoms with Crippen LogP contribution in [0.2, 0.25) is 5.02 Å². The standard InChI is InChI=1S/C22H28ClN3O/c1-17-5-4-6-21(18(17)2)25-11-13-26(14-12-25)22(27)16-24(3)15-19-7-9-20(23)10-8-19/h4-10H,11-16H2,1-3H3/p+1. The molecule has 1 amide bonds. The molecule has 1 fully saturated rings. The first-order valence-electron chi connectivity index (χ1n) is 9.58. The highest BCUT2D eigenvalue weighted by atomic mass is 35.5. The lowest BCUT2D eigenvalue weighted by atomic mass is 10.1. The van der Waals surface area contributed by atoms with Gasteiger partial charge in [-0.2, -0.15) is 0 Å². The van der Waals surface area contributed by atoms with Gasteiger partial charge >= 0.3 is 0 Å². The third-order valence-corrected chi connectivity index (χ3v) is 5.67. The number of anilines is 1. The lowest BCUT2D eigenvalue weighted by Gasteiger charge is -2.37. The summed E-state index contributed by atoms with van der Waals surface area (Å²) in [5.41, 5.74) is 5.15. The average molecular weight is 387 g/mol. The Kier molecular flexibility index (Phi) is 6.40. The SMILES string of the molecule is Cc1cccc(N2CCN(C(=O)C[NH+](C)Cc3ccc(Cl)cc3)CC2)c1C. The molecule has 0 aromatic heterocycles. The van der Waals surface area contributed by atoms with Gasteiger partial charge in [0.2, 0.25) is 0 Å². The fourth-order valence-electron chi connectivity index (χ4n) is 3.66. The van der Waals surface area contributed by atoms with Crippen LogP contribution < -0.4 is 9.80 Å². The van der Waals surface area contributed by atoms with Gasteiger partial charge in [0.25, 0.3) is 5.91 Å². The fraction of sp³-hybridized carbons (Fsp3) is 0.409. The second-order valence-electron chi connectivity index (χ2n) is 7.52. The highest BCUT2D eigenvalue weighted by Gasteiger charge is 2.24. The van der Waals surface area contributed by atoms with Gasteiger partial charge < -0.3 is 14.7 Å². The molecule has 1 aliphatic heterocycles. The topological polar surface area (TPSA) is 28.0 Å². The van der Waals surface area contributed by atoms with Crippen LogP contribution in [-0.2, 0) is 11.3 Å². The number of hydrogen-bond acceptors (Lipinski definition) is 2. The van der Waals surface area contributed by atoms with Crippen molar-refractivity contribution in [3.05, 3.63) is 64.2 Å². The molecule has 1 aliphatic rings. The van der Waals surface area contributed by atoms with E-state index in [4.69, 9.17) is 11.6 Å². The van der Waals surface area contributed by atoms with Gasteiger partial charge in [-0.3, -0.25) is 4.79 Å². The van der Waals surface area contributed by atoms with E-state index >= 15 is 0 Å². The number of benzene rings is 2. The Bertz CT molecular complexity index is 783. The molecular weight excluding hydrogens is 358 g/mol. The van der Waals surface area contributed by atoms with E-state index in [1.165, 1.54) is 27.3 Å². The van der Waals surface area contributed by atoms with Crippen molar-refractivity contribution in [2.75, 3.05) is 44.7 Å². The number of nitrogens with one attached hydrogen (secondary N) is 1. The van der Waals surface area contributed by atoms with Crippen molar-refractivity contribution in [1.29, 1.82) is 0 Å². The van der Waals surface area contributed by atoms with E-state index in [2.05, 4.69) is 44.0 Å². The second kappa shape index (κ2) is 8.77. The molecule has 1 atom stereocenters. The molecular formula is C22H29ClN3O+. The maximum atomic E-state index is 12.7. The lowest BCUT2D eigenvalue weighted by Crippen LogP contribution is -3.09. The monoisotopic (exact) mass is 386 g/mol. The minimum absolute atomic E-state index is 0.238. The summed E-state index contributed by atoms with van der Waals surface area (Å²) in [6.07, 6.45) is 0. The highest BCUT2D eigenvalue weighted by Crippen LogP contribution is 2.23. The number of rotatable bonds is 5. The van der Waals surface area contributed by atoms with Crippen molar-refractivity contribution in [3.63, 3.8) is 0 Å². The molecule has 2 aromatic carbocycles. The van der Waals surface area contributed by atoms with Gasteiger partial charge in [-0.05, 0) is 43.2 Å². The molecule has 5 heteroatoms. The number of nitrogens with zero attached hydrogens (tertiary/aromatic N) is 2. The summed E-state index contributed by atoms with van der Waals surface area (Å²) in [7, 11) is 2.07. The van der Waals surface area contributed by atoms with Gasteiger partial charge in [0.1, 0.15) is 6.54 Å². The Balaban J connectivity index is 1.50. The molecule has 0 radical (unpaired) electrons. The summed E-state index contributed by atoms with van der Waals surface area (Å²) in [5.74, 6) is 0.238. The van der Waals surface area contributed by atoms with Crippen molar-refractivity contribution in [3.8, 4) is 0 Å². The maximum absolute atomic E-state index is 12.7. The molecule has 3 rings (SSSR count). The van der Waals surface area contributed by atoms with E-state index in [1.807, 2.05) is 29.2 Å². The molecule has 144 valence electrons. The van der Waals surface area contributed by atoms with Crippen molar-refractivity contribution in [1.82, 2.24) is 4.90 Å². The lowest BCUT2D eigenvalue weighted by molar-refractivity contribution is -0.885. The molecule has 0 spiro atoms. The van der Waals surface area contributed by atoms with Crippen LogP contribution in [0.15, 0.2) is 42.5 Å². The Hall–Kier alpha value is -2.04. The van der Waals surface area contributed by atoms with Crippen molar-refractivity contribution < 1.29 is 9.69 Å². The maximum Gasteiger partial charge on any atom is 0.277 e. The molecule has 1 saturated heterocycles. The van der Waals surface area contributed by atoms with Crippen LogP contribution in [-0.4, -0.2) is 50.6 Å². The van der Waals surface area contributed by atoms with E-state index in [9.17, 15) is 4.79 Å². The van der Waals surface area contributed by atoms with Gasteiger partial charge in [-0.25, -0.2) is 0 Å². The first kappa shape index (κ1) is 19.7. The van der Waals surface area contributed by atoms with E-state index in [-0.39, 0.29) is 5.91 Å². The zero-order valence-corrected chi connectivity index (χ0v) is 17.2. The average Bonchev–Trinajstić information content (AvgIpc) is 2.66. The van der Waals surface area contributed by atoms with Gasteiger partial charge in [-0.15, -0.1) is 0 Å². The van der Waals surface area contributed by atoms with Crippen molar-refractivity contribution in [2.45, 2.75) is 20.4 Å². The summed E-state index contributed by atoms with van der Waals surface area (Å²) in [4.78, 5) is 18.3. The van der Waals surface area contributed by atoms with Gasteiger partial charge in [-0.1, -0.05) is 35.9 Å². The first-order chi connectivity index (χ1) is 12.9. The van der Waals surface area contributed by atoms with E-state index in [1.54, 1.807) is 0 Å². The Morgan fingerprint density at radius 1 is 1.04 bits per heavy atom. The van der Waals surface area contributed by atoms with Crippen LogP contribution >= 0.6 is 11.6 Å². The Morgan fingerprint density at radius 2 is 1.70 bits per heavy atom. The van der Waals surface area contributed by atoms with Crippen LogP contribution in [0.5, 0.6) is 0 Å².